The van der Waals surface area contributed by atoms with E-state index in [0.29, 0.717) is 28.5 Å². The number of carbonyl (C=O) groups is 1. The number of carbonyl (C=O) groups excluding carboxylic acids is 1. The van der Waals surface area contributed by atoms with Crippen molar-refractivity contribution in [2.24, 2.45) is 0 Å². The van der Waals surface area contributed by atoms with Gasteiger partial charge in [-0.2, -0.15) is 0 Å². The van der Waals surface area contributed by atoms with Gasteiger partial charge in [0.15, 0.2) is 5.76 Å². The number of amides is 1. The number of aromatic nitrogens is 1. The van der Waals surface area contributed by atoms with Crippen LogP contribution in [0.25, 0.3) is 0 Å². The lowest BCUT2D eigenvalue weighted by Gasteiger charge is -2.13. The number of benzene rings is 1. The van der Waals surface area contributed by atoms with E-state index in [1.54, 1.807) is 19.1 Å². The van der Waals surface area contributed by atoms with Gasteiger partial charge in [-0.3, -0.25) is 9.52 Å². The fraction of sp³-hybridized carbons (Fsp3) is 0.375. The number of ether oxygens (including phenoxy) is 1. The van der Waals surface area contributed by atoms with E-state index in [1.807, 2.05) is 13.8 Å². The van der Waals surface area contributed by atoms with Gasteiger partial charge in [-0.25, -0.2) is 8.42 Å². The first-order chi connectivity index (χ1) is 11.6. The van der Waals surface area contributed by atoms with Gasteiger partial charge in [-0.05, 0) is 25.1 Å². The van der Waals surface area contributed by atoms with Crippen LogP contribution >= 0.6 is 0 Å². The van der Waals surface area contributed by atoms with Gasteiger partial charge in [0.25, 0.3) is 5.91 Å². The van der Waals surface area contributed by atoms with E-state index in [2.05, 4.69) is 15.2 Å². The molecule has 8 nitrogen and oxygen atoms in total. The first-order valence-electron chi connectivity index (χ1n) is 7.55. The van der Waals surface area contributed by atoms with Crippen LogP contribution in [-0.4, -0.2) is 32.8 Å². The molecule has 0 atom stereocenters. The standard InChI is InChI=1S/C16H21N3O5S/c1-9(2)15-14(10(3)18-24-15)16(20)17-11-6-7-13(23-4)12(8-11)19-25(5,21)22/h6-9,19H,1-5H3,(H,17,20). The predicted molar refractivity (Wildman–Crippen MR) is 94.7 cm³/mol. The molecule has 1 aromatic carbocycles. The van der Waals surface area contributed by atoms with E-state index in [0.717, 1.165) is 6.26 Å². The molecule has 25 heavy (non-hydrogen) atoms. The minimum atomic E-state index is -3.49. The van der Waals surface area contributed by atoms with Crippen molar-refractivity contribution in [1.29, 1.82) is 0 Å². The molecule has 9 heteroatoms. The molecule has 1 heterocycles. The van der Waals surface area contributed by atoms with Crippen molar-refractivity contribution < 1.29 is 22.5 Å². The summed E-state index contributed by atoms with van der Waals surface area (Å²) in [5.74, 6) is 0.462. The Balaban J connectivity index is 2.33. The van der Waals surface area contributed by atoms with Crippen LogP contribution in [0.3, 0.4) is 0 Å². The van der Waals surface area contributed by atoms with Gasteiger partial charge >= 0.3 is 0 Å². The van der Waals surface area contributed by atoms with E-state index in [-0.39, 0.29) is 17.5 Å². The van der Waals surface area contributed by atoms with Gasteiger partial charge in [-0.1, -0.05) is 19.0 Å². The Kier molecular flexibility index (Phi) is 5.36. The molecule has 2 N–H and O–H groups in total. The van der Waals surface area contributed by atoms with Gasteiger partial charge in [0, 0.05) is 11.6 Å². The molecule has 2 rings (SSSR count). The zero-order chi connectivity index (χ0) is 18.8. The van der Waals surface area contributed by atoms with E-state index >= 15 is 0 Å². The first-order valence-corrected chi connectivity index (χ1v) is 9.45. The van der Waals surface area contributed by atoms with Crippen LogP contribution in [0, 0.1) is 6.92 Å². The second-order valence-corrected chi connectivity index (χ2v) is 7.65. The predicted octanol–water partition coefficient (Wildman–Crippen LogP) is 2.74. The van der Waals surface area contributed by atoms with Gasteiger partial charge in [0.2, 0.25) is 10.0 Å². The van der Waals surface area contributed by atoms with Crippen molar-refractivity contribution in [2.45, 2.75) is 26.7 Å². The number of rotatable bonds is 6. The fourth-order valence-corrected chi connectivity index (χ4v) is 2.88. The van der Waals surface area contributed by atoms with Crippen LogP contribution in [0.15, 0.2) is 22.7 Å². The number of nitrogens with zero attached hydrogens (tertiary/aromatic N) is 1. The lowest BCUT2D eigenvalue weighted by molar-refractivity contribution is 0.102. The Morgan fingerprint density at radius 3 is 2.56 bits per heavy atom. The van der Waals surface area contributed by atoms with Crippen LogP contribution in [0.2, 0.25) is 0 Å². The monoisotopic (exact) mass is 367 g/mol. The molecular weight excluding hydrogens is 346 g/mol. The molecule has 1 aromatic heterocycles. The van der Waals surface area contributed by atoms with Crippen molar-refractivity contribution in [3.8, 4) is 5.75 Å². The maximum atomic E-state index is 12.6. The second-order valence-electron chi connectivity index (χ2n) is 5.91. The smallest absolute Gasteiger partial charge is 0.261 e. The second kappa shape index (κ2) is 7.14. The van der Waals surface area contributed by atoms with Crippen molar-refractivity contribution in [1.82, 2.24) is 5.16 Å². The van der Waals surface area contributed by atoms with Crippen LogP contribution in [0.1, 0.15) is 41.6 Å². The molecule has 0 saturated carbocycles. The topological polar surface area (TPSA) is 111 Å². The van der Waals surface area contributed by atoms with Crippen molar-refractivity contribution >= 4 is 27.3 Å². The number of anilines is 2. The highest BCUT2D eigenvalue weighted by atomic mass is 32.2. The molecule has 0 spiro atoms. The summed E-state index contributed by atoms with van der Waals surface area (Å²) >= 11 is 0. The molecule has 0 fully saturated rings. The number of methoxy groups -OCH3 is 1. The summed E-state index contributed by atoms with van der Waals surface area (Å²) in [5, 5.41) is 6.58. The highest BCUT2D eigenvalue weighted by molar-refractivity contribution is 7.92. The van der Waals surface area contributed by atoms with Gasteiger partial charge in [0.05, 0.1) is 24.7 Å². The van der Waals surface area contributed by atoms with E-state index in [1.165, 1.54) is 13.2 Å². The van der Waals surface area contributed by atoms with Crippen LogP contribution in [0.5, 0.6) is 5.75 Å². The zero-order valence-electron chi connectivity index (χ0n) is 14.7. The van der Waals surface area contributed by atoms with E-state index in [9.17, 15) is 13.2 Å². The SMILES string of the molecule is COc1ccc(NC(=O)c2c(C)noc2C(C)C)cc1NS(C)(=O)=O. The third kappa shape index (κ3) is 4.50. The Bertz CT molecular complexity index is 887. The van der Waals surface area contributed by atoms with Crippen LogP contribution < -0.4 is 14.8 Å². The van der Waals surface area contributed by atoms with Crippen molar-refractivity contribution in [2.75, 3.05) is 23.4 Å². The third-order valence-electron chi connectivity index (χ3n) is 3.39. The fourth-order valence-electron chi connectivity index (χ4n) is 2.32. The van der Waals surface area contributed by atoms with Gasteiger partial charge in [-0.15, -0.1) is 0 Å². The molecule has 0 radical (unpaired) electrons. The summed E-state index contributed by atoms with van der Waals surface area (Å²) in [6.07, 6.45) is 1.03. The summed E-state index contributed by atoms with van der Waals surface area (Å²) in [7, 11) is -2.06. The Morgan fingerprint density at radius 2 is 2.00 bits per heavy atom. The zero-order valence-corrected chi connectivity index (χ0v) is 15.5. The summed E-state index contributed by atoms with van der Waals surface area (Å²) in [6.45, 7) is 5.49. The first kappa shape index (κ1) is 18.8. The van der Waals surface area contributed by atoms with Gasteiger partial charge < -0.3 is 14.6 Å². The molecule has 1 amide bonds. The molecule has 136 valence electrons. The molecule has 0 saturated heterocycles. The normalized spacial score (nSPS) is 11.4. The number of nitrogens with one attached hydrogen (secondary N) is 2. The highest BCUT2D eigenvalue weighted by Crippen LogP contribution is 2.29. The summed E-state index contributed by atoms with van der Waals surface area (Å²) < 4.78 is 35.7. The molecule has 2 aromatic rings. The lowest BCUT2D eigenvalue weighted by atomic mass is 10.0. The van der Waals surface area contributed by atoms with E-state index < -0.39 is 10.0 Å². The maximum absolute atomic E-state index is 12.6. The molecule has 0 aliphatic heterocycles. The minimum Gasteiger partial charge on any atom is -0.495 e. The Morgan fingerprint density at radius 1 is 1.32 bits per heavy atom. The van der Waals surface area contributed by atoms with Crippen molar-refractivity contribution in [3.63, 3.8) is 0 Å². The average Bonchev–Trinajstić information content (AvgIpc) is 2.88. The number of hydrogen-bond donors (Lipinski definition) is 2. The third-order valence-corrected chi connectivity index (χ3v) is 3.98. The summed E-state index contributed by atoms with van der Waals surface area (Å²) in [5.41, 5.74) is 1.51. The number of aryl methyl sites for hydroxylation is 1. The quantitative estimate of drug-likeness (QED) is 0.812. The molecule has 0 aliphatic rings. The van der Waals surface area contributed by atoms with Crippen LogP contribution in [-0.2, 0) is 10.0 Å². The highest BCUT2D eigenvalue weighted by Gasteiger charge is 2.23. The molecule has 0 aliphatic carbocycles. The minimum absolute atomic E-state index is 0.000259. The maximum Gasteiger partial charge on any atom is 0.261 e. The van der Waals surface area contributed by atoms with Crippen molar-refractivity contribution in [3.05, 3.63) is 35.2 Å². The molecular formula is C16H21N3O5S. The summed E-state index contributed by atoms with van der Waals surface area (Å²) in [6, 6.07) is 4.66. The largest absolute Gasteiger partial charge is 0.495 e. The summed E-state index contributed by atoms with van der Waals surface area (Å²) in [4.78, 5) is 12.6. The molecule has 0 unspecified atom stereocenters. The van der Waals surface area contributed by atoms with E-state index in [4.69, 9.17) is 9.26 Å². The average molecular weight is 367 g/mol. The lowest BCUT2D eigenvalue weighted by Crippen LogP contribution is -2.15. The van der Waals surface area contributed by atoms with Crippen LogP contribution in [0.4, 0.5) is 11.4 Å². The number of sulfonamides is 1. The van der Waals surface area contributed by atoms with Gasteiger partial charge in [0.1, 0.15) is 11.3 Å². The molecule has 0 bridgehead atoms. The number of hydrogen-bond acceptors (Lipinski definition) is 6. The Hall–Kier alpha value is -2.55. The Labute approximate surface area is 146 Å².